The summed E-state index contributed by atoms with van der Waals surface area (Å²) in [4.78, 5) is 11.8. The van der Waals surface area contributed by atoms with Crippen LogP contribution in [0.3, 0.4) is 0 Å². The van der Waals surface area contributed by atoms with Crippen LogP contribution in [-0.2, 0) is 14.8 Å². The predicted octanol–water partition coefficient (Wildman–Crippen LogP) is -0.0895. The minimum absolute atomic E-state index is 0.0552. The zero-order chi connectivity index (χ0) is 15.1. The van der Waals surface area contributed by atoms with Gasteiger partial charge in [-0.15, -0.1) is 0 Å². The molecule has 7 nitrogen and oxygen atoms in total. The second kappa shape index (κ2) is 7.39. The van der Waals surface area contributed by atoms with Crippen molar-refractivity contribution in [1.29, 1.82) is 0 Å². The Hall–Kier alpha value is -1.64. The van der Waals surface area contributed by atoms with Crippen molar-refractivity contribution in [2.75, 3.05) is 32.8 Å². The summed E-state index contributed by atoms with van der Waals surface area (Å²) in [5.74, 6) is 0.123. The van der Waals surface area contributed by atoms with Crippen LogP contribution in [0.2, 0.25) is 0 Å². The molecule has 1 aromatic rings. The second-order valence-corrected chi connectivity index (χ2v) is 6.46. The number of ether oxygens (including phenoxy) is 1. The number of hydrogen-bond acceptors (Lipinski definition) is 5. The number of rotatable bonds is 4. The molecule has 116 valence electrons. The maximum atomic E-state index is 11.9. The molecule has 1 atom stereocenters. The molecule has 1 fully saturated rings. The third-order valence-corrected chi connectivity index (χ3v) is 4.39. The molecular formula is C13H19N3O4S. The van der Waals surface area contributed by atoms with Gasteiger partial charge in [0.1, 0.15) is 0 Å². The normalized spacial score (nSPS) is 19.5. The summed E-state index contributed by atoms with van der Waals surface area (Å²) in [5.41, 5.74) is 0. The third kappa shape index (κ3) is 5.00. The van der Waals surface area contributed by atoms with Crippen LogP contribution in [0.5, 0.6) is 0 Å². The minimum Gasteiger partial charge on any atom is -0.380 e. The summed E-state index contributed by atoms with van der Waals surface area (Å²) in [6.07, 6.45) is 0. The number of sulfonamides is 1. The fourth-order valence-electron chi connectivity index (χ4n) is 1.94. The molecule has 1 saturated heterocycles. The first-order chi connectivity index (χ1) is 10.1. The summed E-state index contributed by atoms with van der Waals surface area (Å²) < 4.78 is 31.2. The van der Waals surface area contributed by atoms with Gasteiger partial charge < -0.3 is 15.4 Å². The molecule has 3 N–H and O–H groups in total. The lowest BCUT2D eigenvalue weighted by atomic mass is 10.1. The maximum Gasteiger partial charge on any atom is 0.328 e. The Bertz CT molecular complexity index is 554. The number of carbonyl (C=O) groups excluding carboxylic acids is 1. The van der Waals surface area contributed by atoms with Crippen LogP contribution in [0.1, 0.15) is 0 Å². The van der Waals surface area contributed by atoms with E-state index >= 15 is 0 Å². The van der Waals surface area contributed by atoms with Gasteiger partial charge in [0.05, 0.1) is 18.1 Å². The van der Waals surface area contributed by atoms with Crippen LogP contribution >= 0.6 is 0 Å². The standard InChI is InChI=1S/C13H19N3O4S/c17-13(15-9-11-8-14-6-7-20-10-11)16-21(18,19)12-4-2-1-3-5-12/h1-5,11,14H,6-10H2,(H2,15,16,17). The molecule has 1 aliphatic heterocycles. The van der Waals surface area contributed by atoms with Crippen LogP contribution in [0.15, 0.2) is 35.2 Å². The van der Waals surface area contributed by atoms with E-state index in [1.165, 1.54) is 12.1 Å². The highest BCUT2D eigenvalue weighted by Gasteiger charge is 2.18. The Labute approximate surface area is 124 Å². The molecule has 2 amide bonds. The van der Waals surface area contributed by atoms with E-state index in [1.54, 1.807) is 18.2 Å². The molecule has 8 heteroatoms. The van der Waals surface area contributed by atoms with E-state index < -0.39 is 16.1 Å². The first-order valence-electron chi connectivity index (χ1n) is 6.72. The van der Waals surface area contributed by atoms with Crippen LogP contribution < -0.4 is 15.4 Å². The molecule has 21 heavy (non-hydrogen) atoms. The average Bonchev–Trinajstić information content (AvgIpc) is 2.74. The highest BCUT2D eigenvalue weighted by Crippen LogP contribution is 2.06. The Morgan fingerprint density at radius 3 is 2.86 bits per heavy atom. The van der Waals surface area contributed by atoms with Crippen molar-refractivity contribution in [3.05, 3.63) is 30.3 Å². The Balaban J connectivity index is 1.84. The smallest absolute Gasteiger partial charge is 0.328 e. The molecular weight excluding hydrogens is 294 g/mol. The molecule has 0 saturated carbocycles. The van der Waals surface area contributed by atoms with Gasteiger partial charge >= 0.3 is 6.03 Å². The van der Waals surface area contributed by atoms with E-state index in [0.29, 0.717) is 19.8 Å². The van der Waals surface area contributed by atoms with Crippen molar-refractivity contribution in [2.45, 2.75) is 4.90 Å². The van der Waals surface area contributed by atoms with Crippen molar-refractivity contribution in [3.63, 3.8) is 0 Å². The van der Waals surface area contributed by atoms with Gasteiger partial charge in [0.15, 0.2) is 0 Å². The summed E-state index contributed by atoms with van der Waals surface area (Å²) in [7, 11) is -3.83. The molecule has 2 rings (SSSR count). The highest BCUT2D eigenvalue weighted by molar-refractivity contribution is 7.90. The van der Waals surface area contributed by atoms with E-state index in [9.17, 15) is 13.2 Å². The van der Waals surface area contributed by atoms with Gasteiger partial charge in [0.2, 0.25) is 0 Å². The molecule has 1 unspecified atom stereocenters. The molecule has 1 aromatic carbocycles. The minimum atomic E-state index is -3.83. The second-order valence-electron chi connectivity index (χ2n) is 4.77. The van der Waals surface area contributed by atoms with Crippen molar-refractivity contribution >= 4 is 16.1 Å². The van der Waals surface area contributed by atoms with Gasteiger partial charge in [-0.2, -0.15) is 0 Å². The first kappa shape index (κ1) is 15.7. The Kier molecular flexibility index (Phi) is 5.54. The van der Waals surface area contributed by atoms with Crippen molar-refractivity contribution in [3.8, 4) is 0 Å². The lowest BCUT2D eigenvalue weighted by molar-refractivity contribution is 0.123. The zero-order valence-electron chi connectivity index (χ0n) is 11.5. The fraction of sp³-hybridized carbons (Fsp3) is 0.462. The van der Waals surface area contributed by atoms with E-state index in [1.807, 2.05) is 4.72 Å². The molecule has 1 aliphatic rings. The molecule has 0 bridgehead atoms. The lowest BCUT2D eigenvalue weighted by Gasteiger charge is -2.15. The largest absolute Gasteiger partial charge is 0.380 e. The number of carbonyl (C=O) groups is 1. The number of benzene rings is 1. The van der Waals surface area contributed by atoms with Crippen LogP contribution in [0.25, 0.3) is 0 Å². The first-order valence-corrected chi connectivity index (χ1v) is 8.20. The fourth-order valence-corrected chi connectivity index (χ4v) is 2.89. The van der Waals surface area contributed by atoms with Crippen molar-refractivity contribution in [1.82, 2.24) is 15.4 Å². The maximum absolute atomic E-state index is 11.9. The van der Waals surface area contributed by atoms with Crippen LogP contribution in [0.4, 0.5) is 4.79 Å². The van der Waals surface area contributed by atoms with Crippen LogP contribution in [0, 0.1) is 5.92 Å². The van der Waals surface area contributed by atoms with Crippen LogP contribution in [-0.4, -0.2) is 47.3 Å². The van der Waals surface area contributed by atoms with Gasteiger partial charge in [0.25, 0.3) is 10.0 Å². The van der Waals surface area contributed by atoms with Gasteiger partial charge in [0, 0.05) is 25.6 Å². The van der Waals surface area contributed by atoms with Gasteiger partial charge in [-0.05, 0) is 12.1 Å². The lowest BCUT2D eigenvalue weighted by Crippen LogP contribution is -2.43. The Morgan fingerprint density at radius 1 is 1.33 bits per heavy atom. The topological polar surface area (TPSA) is 96.5 Å². The highest BCUT2D eigenvalue weighted by atomic mass is 32.2. The molecule has 0 radical (unpaired) electrons. The van der Waals surface area contributed by atoms with Gasteiger partial charge in [-0.1, -0.05) is 18.2 Å². The quantitative estimate of drug-likeness (QED) is 0.722. The zero-order valence-corrected chi connectivity index (χ0v) is 12.4. The number of nitrogens with one attached hydrogen (secondary N) is 3. The monoisotopic (exact) mass is 313 g/mol. The summed E-state index contributed by atoms with van der Waals surface area (Å²) >= 11 is 0. The number of amides is 2. The average molecular weight is 313 g/mol. The summed E-state index contributed by atoms with van der Waals surface area (Å²) in [6, 6.07) is 7.03. The van der Waals surface area contributed by atoms with Crippen molar-refractivity contribution in [2.24, 2.45) is 5.92 Å². The molecule has 0 aliphatic carbocycles. The van der Waals surface area contributed by atoms with E-state index in [2.05, 4.69) is 10.6 Å². The summed E-state index contributed by atoms with van der Waals surface area (Å²) in [6.45, 7) is 3.05. The van der Waals surface area contributed by atoms with Crippen molar-refractivity contribution < 1.29 is 17.9 Å². The molecule has 0 aromatic heterocycles. The third-order valence-electron chi connectivity index (χ3n) is 3.04. The van der Waals surface area contributed by atoms with Gasteiger partial charge in [-0.3, -0.25) is 0 Å². The van der Waals surface area contributed by atoms with E-state index in [-0.39, 0.29) is 10.8 Å². The molecule has 1 heterocycles. The number of urea groups is 1. The SMILES string of the molecule is O=C(NCC1CNCCOC1)NS(=O)(=O)c1ccccc1. The number of hydrogen-bond donors (Lipinski definition) is 3. The predicted molar refractivity (Wildman–Crippen MR) is 77.3 cm³/mol. The van der Waals surface area contributed by atoms with E-state index in [4.69, 9.17) is 4.74 Å². The molecule has 0 spiro atoms. The van der Waals surface area contributed by atoms with E-state index in [0.717, 1.165) is 13.1 Å². The van der Waals surface area contributed by atoms with Gasteiger partial charge in [-0.25, -0.2) is 17.9 Å². The summed E-state index contributed by atoms with van der Waals surface area (Å²) in [5, 5.41) is 5.74. The Morgan fingerprint density at radius 2 is 2.10 bits per heavy atom.